The van der Waals surface area contributed by atoms with E-state index in [-0.39, 0.29) is 0 Å². The summed E-state index contributed by atoms with van der Waals surface area (Å²) in [6.07, 6.45) is 6.67. The average Bonchev–Trinajstić information content (AvgIpc) is 2.25. The van der Waals surface area contributed by atoms with Gasteiger partial charge in [-0.15, -0.1) is 0 Å². The van der Waals surface area contributed by atoms with Gasteiger partial charge >= 0.3 is 92.7 Å². The molecule has 0 spiro atoms. The van der Waals surface area contributed by atoms with Crippen LogP contribution in [0.5, 0.6) is 0 Å². The van der Waals surface area contributed by atoms with E-state index in [4.69, 9.17) is 0 Å². The van der Waals surface area contributed by atoms with Gasteiger partial charge in [-0.05, 0) is 0 Å². The van der Waals surface area contributed by atoms with Crippen LogP contribution in [0.4, 0.5) is 0 Å². The van der Waals surface area contributed by atoms with Crippen molar-refractivity contribution in [1.82, 2.24) is 0 Å². The van der Waals surface area contributed by atoms with Crippen molar-refractivity contribution in [2.75, 3.05) is 0 Å². The van der Waals surface area contributed by atoms with Crippen LogP contribution in [-0.4, -0.2) is 15.0 Å². The minimum atomic E-state index is 0.429. The first-order valence-corrected chi connectivity index (χ1v) is 6.63. The Morgan fingerprint density at radius 2 is 2.07 bits per heavy atom. The monoisotopic (exact) mass is 252 g/mol. The van der Waals surface area contributed by atoms with Gasteiger partial charge in [-0.1, -0.05) is 0 Å². The zero-order chi connectivity index (χ0) is 10.2. The molecule has 0 nitrogen and oxygen atoms in total. The van der Waals surface area contributed by atoms with Crippen molar-refractivity contribution in [3.63, 3.8) is 0 Å². The summed E-state index contributed by atoms with van der Waals surface area (Å²) in [5, 5.41) is 0. The van der Waals surface area contributed by atoms with Gasteiger partial charge in [-0.3, -0.25) is 0 Å². The van der Waals surface area contributed by atoms with Crippen LogP contribution in [-0.2, 0) is 0 Å². The Labute approximate surface area is 92.9 Å². The minimum absolute atomic E-state index is 0.429. The molecule has 0 unspecified atom stereocenters. The van der Waals surface area contributed by atoms with E-state index in [0.29, 0.717) is 15.0 Å². The molecule has 0 aliphatic heterocycles. The van der Waals surface area contributed by atoms with Crippen LogP contribution in [0.2, 0.25) is 0 Å². The second kappa shape index (κ2) is 6.64. The summed E-state index contributed by atoms with van der Waals surface area (Å²) in [7, 11) is 0. The number of benzene rings is 1. The van der Waals surface area contributed by atoms with E-state index in [1.807, 2.05) is 6.08 Å². The summed E-state index contributed by atoms with van der Waals surface area (Å²) in [4.78, 5) is 0. The fourth-order valence-corrected chi connectivity index (χ4v) is 2.86. The normalized spacial score (nSPS) is 11.4. The van der Waals surface area contributed by atoms with Crippen molar-refractivity contribution < 1.29 is 0 Å². The van der Waals surface area contributed by atoms with E-state index in [9.17, 15) is 0 Å². The Morgan fingerprint density at radius 3 is 2.64 bits per heavy atom. The first-order valence-electron chi connectivity index (χ1n) is 4.92. The fourth-order valence-electron chi connectivity index (χ4n) is 1.08. The Hall–Kier alpha value is -0.781. The van der Waals surface area contributed by atoms with Crippen LogP contribution in [0.25, 0.3) is 0 Å². The molecular formula is C13H16Se. The quantitative estimate of drug-likeness (QED) is 0.557. The maximum absolute atomic E-state index is 3.86. The van der Waals surface area contributed by atoms with Crippen LogP contribution >= 0.6 is 0 Å². The summed E-state index contributed by atoms with van der Waals surface area (Å²) < 4.78 is 2.81. The van der Waals surface area contributed by atoms with Gasteiger partial charge in [0.15, 0.2) is 0 Å². The van der Waals surface area contributed by atoms with Crippen LogP contribution in [0.15, 0.2) is 53.5 Å². The predicted octanol–water partition coefficient (Wildman–Crippen LogP) is 2.89. The molecule has 0 saturated heterocycles. The van der Waals surface area contributed by atoms with E-state index in [0.717, 1.165) is 6.42 Å². The molecule has 0 aliphatic rings. The van der Waals surface area contributed by atoms with Crippen LogP contribution in [0.3, 0.4) is 0 Å². The van der Waals surface area contributed by atoms with Gasteiger partial charge in [0.25, 0.3) is 0 Å². The maximum atomic E-state index is 3.86. The van der Waals surface area contributed by atoms with Crippen molar-refractivity contribution in [2.45, 2.75) is 19.8 Å². The molecule has 0 bridgehead atoms. The van der Waals surface area contributed by atoms with Gasteiger partial charge < -0.3 is 0 Å². The van der Waals surface area contributed by atoms with Crippen LogP contribution in [0, 0.1) is 0 Å². The number of unbranched alkanes of at least 4 members (excludes halogenated alkanes) is 1. The molecule has 0 radical (unpaired) electrons. The van der Waals surface area contributed by atoms with Gasteiger partial charge in [0.05, 0.1) is 0 Å². The Balaban J connectivity index is 2.61. The van der Waals surface area contributed by atoms with E-state index < -0.39 is 0 Å². The molecule has 0 aliphatic carbocycles. The van der Waals surface area contributed by atoms with Crippen molar-refractivity contribution in [3.8, 4) is 0 Å². The topological polar surface area (TPSA) is 0 Å². The third kappa shape index (κ3) is 3.95. The number of rotatable bonds is 5. The van der Waals surface area contributed by atoms with E-state index >= 15 is 0 Å². The molecular weight excluding hydrogens is 235 g/mol. The van der Waals surface area contributed by atoms with Crippen molar-refractivity contribution in [2.24, 2.45) is 0 Å². The van der Waals surface area contributed by atoms with Gasteiger partial charge in [-0.2, -0.15) is 0 Å². The summed E-state index contributed by atoms with van der Waals surface area (Å²) in [5.41, 5.74) is 0. The van der Waals surface area contributed by atoms with Gasteiger partial charge in [0.2, 0.25) is 0 Å². The molecule has 0 aromatic heterocycles. The third-order valence-electron chi connectivity index (χ3n) is 1.81. The fraction of sp³-hybridized carbons (Fsp3) is 0.231. The number of hydrogen-bond acceptors (Lipinski definition) is 0. The molecule has 1 heteroatoms. The van der Waals surface area contributed by atoms with E-state index in [1.165, 1.54) is 15.4 Å². The van der Waals surface area contributed by atoms with E-state index in [2.05, 4.69) is 49.9 Å². The standard InChI is InChI=1S/C13H16Se/c1-3-5-9-12(4-2)14-13-10-7-6-8-11-13/h4,6-11H,2-3,5H2,1H3/b12-9-. The second-order valence-corrected chi connectivity index (χ2v) is 5.42. The first-order chi connectivity index (χ1) is 6.86. The molecule has 0 amide bonds. The Bertz CT molecular complexity index is 298. The zero-order valence-corrected chi connectivity index (χ0v) is 10.3. The average molecular weight is 251 g/mol. The summed E-state index contributed by atoms with van der Waals surface area (Å²) >= 11 is 0.429. The Kier molecular flexibility index (Phi) is 5.36. The first kappa shape index (κ1) is 11.3. The molecule has 1 rings (SSSR count). The predicted molar refractivity (Wildman–Crippen MR) is 65.0 cm³/mol. The number of allylic oxidation sites excluding steroid dienone is 3. The molecule has 0 atom stereocenters. The molecule has 0 heterocycles. The molecule has 74 valence electrons. The van der Waals surface area contributed by atoms with Crippen LogP contribution < -0.4 is 4.46 Å². The zero-order valence-electron chi connectivity index (χ0n) is 8.57. The molecule has 0 fully saturated rings. The van der Waals surface area contributed by atoms with Gasteiger partial charge in [0, 0.05) is 0 Å². The molecule has 0 saturated carbocycles. The van der Waals surface area contributed by atoms with E-state index in [1.54, 1.807) is 0 Å². The summed E-state index contributed by atoms with van der Waals surface area (Å²) in [6, 6.07) is 10.6. The third-order valence-corrected chi connectivity index (χ3v) is 4.07. The molecule has 1 aromatic rings. The Morgan fingerprint density at radius 1 is 1.36 bits per heavy atom. The van der Waals surface area contributed by atoms with Crippen LogP contribution in [0.1, 0.15) is 19.8 Å². The molecule has 1 aromatic carbocycles. The van der Waals surface area contributed by atoms with Gasteiger partial charge in [-0.25, -0.2) is 0 Å². The second-order valence-electron chi connectivity index (χ2n) is 3.01. The summed E-state index contributed by atoms with van der Waals surface area (Å²) in [5.74, 6) is 0. The SMILES string of the molecule is C=C/C(=C/CCC)[Se]c1ccccc1. The van der Waals surface area contributed by atoms with Gasteiger partial charge in [0.1, 0.15) is 0 Å². The number of hydrogen-bond donors (Lipinski definition) is 0. The van der Waals surface area contributed by atoms with Crippen molar-refractivity contribution in [1.29, 1.82) is 0 Å². The van der Waals surface area contributed by atoms with Crippen molar-refractivity contribution >= 4 is 19.4 Å². The summed E-state index contributed by atoms with van der Waals surface area (Å²) in [6.45, 7) is 6.06. The van der Waals surface area contributed by atoms with Crippen molar-refractivity contribution in [3.05, 3.63) is 53.5 Å². The molecule has 0 N–H and O–H groups in total. The molecule has 14 heavy (non-hydrogen) atoms.